The Hall–Kier alpha value is -0.120. The standard InChI is InChI=1S/C10H22N2O/c1-9-7-12(6-5-11-9)8-10(2,3)13-4/h9,11H,5-8H2,1-4H3. The minimum Gasteiger partial charge on any atom is -0.377 e. The lowest BCUT2D eigenvalue weighted by molar-refractivity contribution is -0.0126. The summed E-state index contributed by atoms with van der Waals surface area (Å²) in [6.07, 6.45) is 0. The van der Waals surface area contributed by atoms with Crippen molar-refractivity contribution in [1.82, 2.24) is 10.2 Å². The molecule has 0 amide bonds. The van der Waals surface area contributed by atoms with E-state index in [1.165, 1.54) is 0 Å². The molecule has 1 aliphatic heterocycles. The molecule has 1 fully saturated rings. The minimum atomic E-state index is -0.0168. The number of piperazine rings is 1. The summed E-state index contributed by atoms with van der Waals surface area (Å²) in [5.41, 5.74) is -0.0168. The van der Waals surface area contributed by atoms with Gasteiger partial charge in [0.15, 0.2) is 0 Å². The van der Waals surface area contributed by atoms with Gasteiger partial charge in [0.25, 0.3) is 0 Å². The van der Waals surface area contributed by atoms with Crippen LogP contribution in [-0.2, 0) is 4.74 Å². The fourth-order valence-corrected chi connectivity index (χ4v) is 1.76. The second kappa shape index (κ2) is 4.40. The molecule has 1 rings (SSSR count). The Kier molecular flexibility index (Phi) is 3.71. The van der Waals surface area contributed by atoms with Gasteiger partial charge in [0, 0.05) is 39.3 Å². The fourth-order valence-electron chi connectivity index (χ4n) is 1.76. The number of rotatable bonds is 3. The molecular weight excluding hydrogens is 164 g/mol. The minimum absolute atomic E-state index is 0.0168. The zero-order valence-corrected chi connectivity index (χ0v) is 9.26. The van der Waals surface area contributed by atoms with Gasteiger partial charge in [-0.1, -0.05) is 0 Å². The molecule has 3 heteroatoms. The smallest absolute Gasteiger partial charge is 0.0749 e. The average Bonchev–Trinajstić information content (AvgIpc) is 2.03. The van der Waals surface area contributed by atoms with E-state index in [1.54, 1.807) is 7.11 Å². The van der Waals surface area contributed by atoms with Crippen molar-refractivity contribution in [3.63, 3.8) is 0 Å². The van der Waals surface area contributed by atoms with Crippen molar-refractivity contribution in [2.75, 3.05) is 33.3 Å². The molecule has 78 valence electrons. The molecule has 13 heavy (non-hydrogen) atoms. The van der Waals surface area contributed by atoms with Crippen molar-refractivity contribution in [1.29, 1.82) is 0 Å². The van der Waals surface area contributed by atoms with Gasteiger partial charge in [-0.2, -0.15) is 0 Å². The third-order valence-electron chi connectivity index (χ3n) is 2.61. The Labute approximate surface area is 81.4 Å². The Morgan fingerprint density at radius 1 is 1.54 bits per heavy atom. The van der Waals surface area contributed by atoms with Crippen LogP contribution in [0.5, 0.6) is 0 Å². The third kappa shape index (κ3) is 3.63. The highest BCUT2D eigenvalue weighted by Gasteiger charge is 2.23. The number of nitrogens with one attached hydrogen (secondary N) is 1. The van der Waals surface area contributed by atoms with Crippen molar-refractivity contribution in [2.24, 2.45) is 0 Å². The largest absolute Gasteiger partial charge is 0.377 e. The summed E-state index contributed by atoms with van der Waals surface area (Å²) >= 11 is 0. The molecule has 0 aromatic carbocycles. The summed E-state index contributed by atoms with van der Waals surface area (Å²) in [7, 11) is 1.78. The first kappa shape index (κ1) is 11.0. The Morgan fingerprint density at radius 3 is 2.77 bits per heavy atom. The van der Waals surface area contributed by atoms with Crippen molar-refractivity contribution >= 4 is 0 Å². The van der Waals surface area contributed by atoms with Gasteiger partial charge in [0.1, 0.15) is 0 Å². The SMILES string of the molecule is COC(C)(C)CN1CCNC(C)C1. The van der Waals surface area contributed by atoms with Gasteiger partial charge < -0.3 is 10.1 Å². The predicted molar refractivity (Wildman–Crippen MR) is 55.0 cm³/mol. The van der Waals surface area contributed by atoms with E-state index in [0.29, 0.717) is 6.04 Å². The van der Waals surface area contributed by atoms with E-state index in [-0.39, 0.29) is 5.60 Å². The molecular formula is C10H22N2O. The molecule has 0 spiro atoms. The highest BCUT2D eigenvalue weighted by atomic mass is 16.5. The second-order valence-corrected chi connectivity index (χ2v) is 4.55. The summed E-state index contributed by atoms with van der Waals surface area (Å²) in [5, 5.41) is 3.43. The van der Waals surface area contributed by atoms with E-state index < -0.39 is 0 Å². The summed E-state index contributed by atoms with van der Waals surface area (Å²) in [6, 6.07) is 0.612. The van der Waals surface area contributed by atoms with E-state index in [4.69, 9.17) is 4.74 Å². The van der Waals surface area contributed by atoms with Crippen LogP contribution in [0.1, 0.15) is 20.8 Å². The molecule has 1 N–H and O–H groups in total. The number of methoxy groups -OCH3 is 1. The van der Waals surface area contributed by atoms with E-state index in [9.17, 15) is 0 Å². The van der Waals surface area contributed by atoms with Crippen LogP contribution in [0.4, 0.5) is 0 Å². The van der Waals surface area contributed by atoms with Crippen LogP contribution < -0.4 is 5.32 Å². The lowest BCUT2D eigenvalue weighted by Crippen LogP contribution is -2.53. The lowest BCUT2D eigenvalue weighted by Gasteiger charge is -2.36. The fraction of sp³-hybridized carbons (Fsp3) is 1.00. The average molecular weight is 186 g/mol. The molecule has 1 aliphatic rings. The highest BCUT2D eigenvalue weighted by molar-refractivity contribution is 4.80. The van der Waals surface area contributed by atoms with Crippen LogP contribution in [0.2, 0.25) is 0 Å². The quantitative estimate of drug-likeness (QED) is 0.702. The maximum absolute atomic E-state index is 5.41. The molecule has 0 aromatic heterocycles. The van der Waals surface area contributed by atoms with Gasteiger partial charge in [-0.3, -0.25) is 4.90 Å². The summed E-state index contributed by atoms with van der Waals surface area (Å²) in [5.74, 6) is 0. The summed E-state index contributed by atoms with van der Waals surface area (Å²) < 4.78 is 5.41. The van der Waals surface area contributed by atoms with Crippen LogP contribution in [0.25, 0.3) is 0 Å². The predicted octanol–water partition coefficient (Wildman–Crippen LogP) is 0.705. The van der Waals surface area contributed by atoms with Gasteiger partial charge in [0.05, 0.1) is 5.60 Å². The summed E-state index contributed by atoms with van der Waals surface area (Å²) in [4.78, 5) is 2.46. The van der Waals surface area contributed by atoms with Crippen molar-refractivity contribution in [3.05, 3.63) is 0 Å². The first-order valence-electron chi connectivity index (χ1n) is 5.04. The Balaban J connectivity index is 2.35. The van der Waals surface area contributed by atoms with Crippen molar-refractivity contribution < 1.29 is 4.74 Å². The molecule has 0 saturated carbocycles. The van der Waals surface area contributed by atoms with Gasteiger partial charge in [-0.25, -0.2) is 0 Å². The first-order valence-corrected chi connectivity index (χ1v) is 5.04. The molecule has 1 unspecified atom stereocenters. The Morgan fingerprint density at radius 2 is 2.23 bits per heavy atom. The maximum atomic E-state index is 5.41. The summed E-state index contributed by atoms with van der Waals surface area (Å²) in [6.45, 7) is 10.9. The topological polar surface area (TPSA) is 24.5 Å². The molecule has 1 saturated heterocycles. The molecule has 0 aliphatic carbocycles. The maximum Gasteiger partial charge on any atom is 0.0749 e. The number of nitrogens with zero attached hydrogens (tertiary/aromatic N) is 1. The van der Waals surface area contributed by atoms with Gasteiger partial charge in [-0.05, 0) is 20.8 Å². The molecule has 0 aromatic rings. The monoisotopic (exact) mass is 186 g/mol. The number of hydrogen-bond acceptors (Lipinski definition) is 3. The van der Waals surface area contributed by atoms with E-state index in [0.717, 1.165) is 26.2 Å². The van der Waals surface area contributed by atoms with Crippen LogP contribution in [-0.4, -0.2) is 49.8 Å². The van der Waals surface area contributed by atoms with Crippen LogP contribution in [0.15, 0.2) is 0 Å². The van der Waals surface area contributed by atoms with Gasteiger partial charge in [-0.15, -0.1) is 0 Å². The lowest BCUT2D eigenvalue weighted by atomic mass is 10.1. The molecule has 0 radical (unpaired) electrons. The van der Waals surface area contributed by atoms with Crippen molar-refractivity contribution in [2.45, 2.75) is 32.4 Å². The normalized spacial score (nSPS) is 26.3. The Bertz CT molecular complexity index is 159. The van der Waals surface area contributed by atoms with Gasteiger partial charge >= 0.3 is 0 Å². The zero-order valence-electron chi connectivity index (χ0n) is 9.26. The van der Waals surface area contributed by atoms with E-state index in [1.807, 2.05) is 0 Å². The van der Waals surface area contributed by atoms with Crippen LogP contribution in [0.3, 0.4) is 0 Å². The number of ether oxygens (including phenoxy) is 1. The zero-order chi connectivity index (χ0) is 9.90. The highest BCUT2D eigenvalue weighted by Crippen LogP contribution is 2.11. The van der Waals surface area contributed by atoms with E-state index in [2.05, 4.69) is 31.0 Å². The molecule has 1 heterocycles. The van der Waals surface area contributed by atoms with Crippen molar-refractivity contribution in [3.8, 4) is 0 Å². The van der Waals surface area contributed by atoms with Crippen LogP contribution >= 0.6 is 0 Å². The first-order chi connectivity index (χ1) is 6.03. The third-order valence-corrected chi connectivity index (χ3v) is 2.61. The molecule has 1 atom stereocenters. The molecule has 0 bridgehead atoms. The van der Waals surface area contributed by atoms with Gasteiger partial charge in [0.2, 0.25) is 0 Å². The van der Waals surface area contributed by atoms with E-state index >= 15 is 0 Å². The van der Waals surface area contributed by atoms with Crippen LogP contribution in [0, 0.1) is 0 Å². The number of hydrogen-bond donors (Lipinski definition) is 1. The second-order valence-electron chi connectivity index (χ2n) is 4.55. The molecule has 3 nitrogen and oxygen atoms in total.